The van der Waals surface area contributed by atoms with Gasteiger partial charge in [-0.2, -0.15) is 0 Å². The van der Waals surface area contributed by atoms with E-state index < -0.39 is 0 Å². The fraction of sp³-hybridized carbons (Fsp3) is 1.00. The van der Waals surface area contributed by atoms with E-state index in [2.05, 4.69) is 23.5 Å². The number of hydrogen-bond donors (Lipinski definition) is 0. The summed E-state index contributed by atoms with van der Waals surface area (Å²) in [6.45, 7) is 0. The Morgan fingerprint density at radius 2 is 1.71 bits per heavy atom. The molecule has 3 aliphatic rings. The minimum atomic E-state index is 1.06. The molecule has 0 spiro atoms. The molecular formula is C3H4S2Se2. The number of rotatable bonds is 0. The first-order chi connectivity index (χ1) is 3.45. The van der Waals surface area contributed by atoms with Crippen LogP contribution in [0.3, 0.4) is 0 Å². The molecule has 0 saturated carbocycles. The zero-order chi connectivity index (χ0) is 4.69. The molecule has 7 heavy (non-hydrogen) atoms. The summed E-state index contributed by atoms with van der Waals surface area (Å²) in [7, 11) is 0. The van der Waals surface area contributed by atoms with Crippen molar-refractivity contribution in [1.29, 1.82) is 0 Å². The zero-order valence-corrected chi connectivity index (χ0v) is 8.55. The van der Waals surface area contributed by atoms with E-state index in [4.69, 9.17) is 0 Å². The van der Waals surface area contributed by atoms with Gasteiger partial charge in [0.25, 0.3) is 0 Å². The Hall–Kier alpha value is 1.74. The standard InChI is InChI=1S/C3H4S2Se2/c1-4-2-6-3(5-1)7-2/h2-3H,1H2. The summed E-state index contributed by atoms with van der Waals surface area (Å²) >= 11 is 6.53. The van der Waals surface area contributed by atoms with Crippen molar-refractivity contribution >= 4 is 53.4 Å². The Morgan fingerprint density at radius 1 is 1.14 bits per heavy atom. The summed E-state index contributed by atoms with van der Waals surface area (Å²) < 4.78 is 2.40. The van der Waals surface area contributed by atoms with Crippen molar-refractivity contribution in [2.75, 3.05) is 5.08 Å². The fourth-order valence-electron chi connectivity index (χ4n) is 0.499. The molecule has 0 N–H and O–H groups in total. The Bertz CT molecular complexity index is 67.5. The molecule has 3 fully saturated rings. The predicted molar refractivity (Wildman–Crippen MR) is 39.1 cm³/mol. The first-order valence-electron chi connectivity index (χ1n) is 1.99. The van der Waals surface area contributed by atoms with E-state index in [1.165, 1.54) is 11.2 Å². The van der Waals surface area contributed by atoms with Crippen LogP contribution in [0, 0.1) is 0 Å². The van der Waals surface area contributed by atoms with Gasteiger partial charge in [0.1, 0.15) is 0 Å². The molecule has 0 amide bonds. The molecule has 2 bridgehead atoms. The van der Waals surface area contributed by atoms with E-state index in [0.717, 1.165) is 29.9 Å². The molecule has 3 heterocycles. The van der Waals surface area contributed by atoms with Gasteiger partial charge in [-0.1, -0.05) is 0 Å². The molecule has 3 aliphatic heterocycles. The average Bonchev–Trinajstić information content (AvgIpc) is 1.67. The summed E-state index contributed by atoms with van der Waals surface area (Å²) in [6.07, 6.45) is 0. The van der Waals surface area contributed by atoms with Crippen molar-refractivity contribution in [1.82, 2.24) is 0 Å². The minimum absolute atomic E-state index is 1.06. The summed E-state index contributed by atoms with van der Waals surface area (Å²) in [6, 6.07) is 0. The van der Waals surface area contributed by atoms with Crippen LogP contribution in [0.15, 0.2) is 0 Å². The number of hydrogen-bond acceptors (Lipinski definition) is 2. The van der Waals surface area contributed by atoms with E-state index in [-0.39, 0.29) is 0 Å². The maximum atomic E-state index is 2.20. The molecule has 40 valence electrons. The van der Waals surface area contributed by atoms with Gasteiger partial charge in [0.15, 0.2) is 0 Å². The first kappa shape index (κ1) is 5.52. The van der Waals surface area contributed by atoms with Crippen LogP contribution in [0.25, 0.3) is 0 Å². The average molecular weight is 262 g/mol. The van der Waals surface area contributed by atoms with Gasteiger partial charge in [0.2, 0.25) is 0 Å². The van der Waals surface area contributed by atoms with E-state index in [0.29, 0.717) is 0 Å². The van der Waals surface area contributed by atoms with Gasteiger partial charge in [-0.15, -0.1) is 0 Å². The van der Waals surface area contributed by atoms with Crippen LogP contribution < -0.4 is 0 Å². The van der Waals surface area contributed by atoms with Crippen LogP contribution in [0.2, 0.25) is 0 Å². The summed E-state index contributed by atoms with van der Waals surface area (Å²) in [5, 5.41) is 1.40. The van der Waals surface area contributed by atoms with Crippen LogP contribution in [-0.4, -0.2) is 41.1 Å². The van der Waals surface area contributed by atoms with Gasteiger partial charge in [0.05, 0.1) is 0 Å². The van der Waals surface area contributed by atoms with E-state index >= 15 is 0 Å². The van der Waals surface area contributed by atoms with E-state index in [9.17, 15) is 0 Å². The SMILES string of the molecule is C1SC2[Se]C(S1)[Se]2. The molecule has 0 aromatic carbocycles. The van der Waals surface area contributed by atoms with Gasteiger partial charge in [0, 0.05) is 0 Å². The van der Waals surface area contributed by atoms with Gasteiger partial charge in [-0.05, 0) is 0 Å². The van der Waals surface area contributed by atoms with Crippen molar-refractivity contribution in [3.63, 3.8) is 0 Å². The monoisotopic (exact) mass is 264 g/mol. The van der Waals surface area contributed by atoms with Crippen LogP contribution in [-0.2, 0) is 0 Å². The summed E-state index contributed by atoms with van der Waals surface area (Å²) in [5.74, 6) is 0. The quantitative estimate of drug-likeness (QED) is 0.580. The number of fused-ring (bicyclic) bond motifs is 2. The molecule has 0 aromatic heterocycles. The second-order valence-corrected chi connectivity index (χ2v) is 14.7. The summed E-state index contributed by atoms with van der Waals surface area (Å²) in [5.41, 5.74) is 0. The maximum absolute atomic E-state index is 2.20. The molecular weight excluding hydrogens is 258 g/mol. The normalized spacial score (nSPS) is 48.0. The third-order valence-electron chi connectivity index (χ3n) is 0.853. The second kappa shape index (κ2) is 2.17. The van der Waals surface area contributed by atoms with Crippen LogP contribution in [0.5, 0.6) is 0 Å². The van der Waals surface area contributed by atoms with E-state index in [1.54, 1.807) is 0 Å². The molecule has 0 nitrogen and oxygen atoms in total. The Labute approximate surface area is 64.3 Å². The molecule has 0 atom stereocenters. The Morgan fingerprint density at radius 3 is 1.86 bits per heavy atom. The predicted octanol–water partition coefficient (Wildman–Crippen LogP) is 0.413. The molecule has 3 rings (SSSR count). The number of thioether (sulfide) groups is 2. The molecule has 0 unspecified atom stereocenters. The second-order valence-electron chi connectivity index (χ2n) is 1.30. The van der Waals surface area contributed by atoms with Gasteiger partial charge in [-0.25, -0.2) is 0 Å². The molecule has 0 aromatic rings. The van der Waals surface area contributed by atoms with Crippen molar-refractivity contribution in [2.24, 2.45) is 0 Å². The molecule has 0 radical (unpaired) electrons. The Balaban J connectivity index is 1.99. The Kier molecular flexibility index (Phi) is 1.71. The van der Waals surface area contributed by atoms with Gasteiger partial charge < -0.3 is 0 Å². The van der Waals surface area contributed by atoms with Crippen LogP contribution in [0.4, 0.5) is 0 Å². The van der Waals surface area contributed by atoms with Gasteiger partial charge >= 0.3 is 64.6 Å². The fourth-order valence-corrected chi connectivity index (χ4v) is 19.0. The summed E-state index contributed by atoms with van der Waals surface area (Å²) in [4.78, 5) is 0. The van der Waals surface area contributed by atoms with Crippen molar-refractivity contribution in [2.45, 2.75) is 6.09 Å². The van der Waals surface area contributed by atoms with Gasteiger partial charge in [-0.3, -0.25) is 0 Å². The molecule has 4 heteroatoms. The van der Waals surface area contributed by atoms with Crippen LogP contribution >= 0.6 is 23.5 Å². The molecule has 3 saturated heterocycles. The zero-order valence-electron chi connectivity index (χ0n) is 3.49. The topological polar surface area (TPSA) is 0 Å². The van der Waals surface area contributed by atoms with Crippen molar-refractivity contribution < 1.29 is 0 Å². The van der Waals surface area contributed by atoms with E-state index in [1.807, 2.05) is 0 Å². The van der Waals surface area contributed by atoms with Crippen molar-refractivity contribution in [3.05, 3.63) is 0 Å². The third kappa shape index (κ3) is 1.03. The third-order valence-corrected chi connectivity index (χ3v) is 14.9. The molecule has 0 aliphatic carbocycles. The van der Waals surface area contributed by atoms with Crippen molar-refractivity contribution in [3.8, 4) is 0 Å². The first-order valence-corrected chi connectivity index (χ1v) is 8.05. The van der Waals surface area contributed by atoms with Crippen LogP contribution in [0.1, 0.15) is 0 Å².